The van der Waals surface area contributed by atoms with Gasteiger partial charge in [0, 0.05) is 17.7 Å². The summed E-state index contributed by atoms with van der Waals surface area (Å²) in [6.07, 6.45) is -0.894. The van der Waals surface area contributed by atoms with Crippen molar-refractivity contribution in [3.8, 4) is 5.75 Å². The van der Waals surface area contributed by atoms with Crippen LogP contribution in [0.2, 0.25) is 0 Å². The van der Waals surface area contributed by atoms with E-state index in [0.717, 1.165) is 35.9 Å². The molecule has 2 heterocycles. The third-order valence-electron chi connectivity index (χ3n) is 5.31. The number of benzene rings is 1. The number of carbonyl (C=O) groups excluding carboxylic acids is 1. The average Bonchev–Trinajstić information content (AvgIpc) is 3.41. The van der Waals surface area contributed by atoms with Crippen molar-refractivity contribution in [2.75, 3.05) is 19.8 Å². The van der Waals surface area contributed by atoms with Gasteiger partial charge in [0.1, 0.15) is 12.4 Å². The zero-order valence-electron chi connectivity index (χ0n) is 19.4. The number of aromatic nitrogens is 1. The van der Waals surface area contributed by atoms with Crippen LogP contribution in [0, 0.1) is 0 Å². The molecule has 188 valence electrons. The maximum Gasteiger partial charge on any atom is 0.416 e. The predicted molar refractivity (Wildman–Crippen MR) is 122 cm³/mol. The summed E-state index contributed by atoms with van der Waals surface area (Å²) in [5.41, 5.74) is 4.12. The van der Waals surface area contributed by atoms with E-state index in [4.69, 9.17) is 20.3 Å². The second-order valence-corrected chi connectivity index (χ2v) is 10.3. The van der Waals surface area contributed by atoms with E-state index < -0.39 is 23.7 Å². The van der Waals surface area contributed by atoms with Crippen molar-refractivity contribution in [2.24, 2.45) is 10.7 Å². The number of amides is 1. The Morgan fingerprint density at radius 3 is 2.71 bits per heavy atom. The van der Waals surface area contributed by atoms with Gasteiger partial charge in [-0.2, -0.15) is 18.2 Å². The van der Waals surface area contributed by atoms with E-state index in [1.165, 1.54) is 11.3 Å². The highest BCUT2D eigenvalue weighted by Gasteiger charge is 2.32. The van der Waals surface area contributed by atoms with E-state index in [1.807, 2.05) is 31.5 Å². The summed E-state index contributed by atoms with van der Waals surface area (Å²) in [6, 6.07) is 1.89. The molecule has 1 amide bonds. The third-order valence-corrected chi connectivity index (χ3v) is 6.75. The van der Waals surface area contributed by atoms with Crippen LogP contribution in [0.3, 0.4) is 0 Å². The van der Waals surface area contributed by atoms with Crippen molar-refractivity contribution >= 4 is 17.2 Å². The fraction of sp³-hybridized carbons (Fsp3) is 0.565. The van der Waals surface area contributed by atoms with Gasteiger partial charge in [-0.1, -0.05) is 20.8 Å². The Hall–Kier alpha value is -2.21. The van der Waals surface area contributed by atoms with E-state index >= 15 is 0 Å². The maximum absolute atomic E-state index is 13.3. The molecular formula is C23H30F3N3O4S. The molecule has 1 saturated heterocycles. The van der Waals surface area contributed by atoms with Gasteiger partial charge in [0.05, 0.1) is 36.4 Å². The molecule has 0 radical (unpaired) electrons. The predicted octanol–water partition coefficient (Wildman–Crippen LogP) is 3.48. The zero-order valence-corrected chi connectivity index (χ0v) is 20.2. The van der Waals surface area contributed by atoms with Crippen molar-refractivity contribution in [2.45, 2.75) is 63.9 Å². The summed E-state index contributed by atoms with van der Waals surface area (Å²) in [7, 11) is 0. The Labute approximate surface area is 200 Å². The lowest BCUT2D eigenvalue weighted by Crippen LogP contribution is -2.31. The number of hydrogen-bond acceptors (Lipinski definition) is 6. The first-order valence-corrected chi connectivity index (χ1v) is 11.8. The van der Waals surface area contributed by atoms with E-state index in [1.54, 1.807) is 0 Å². The van der Waals surface area contributed by atoms with Crippen LogP contribution in [0.1, 0.15) is 54.4 Å². The number of nitrogens with two attached hydrogens (primary N) is 1. The molecule has 0 saturated carbocycles. The fourth-order valence-electron chi connectivity index (χ4n) is 3.35. The lowest BCUT2D eigenvalue weighted by atomic mass is 9.95. The van der Waals surface area contributed by atoms with Crippen LogP contribution in [0.4, 0.5) is 13.2 Å². The molecule has 1 aliphatic heterocycles. The minimum atomic E-state index is -4.64. The van der Waals surface area contributed by atoms with Gasteiger partial charge >= 0.3 is 6.18 Å². The topological polar surface area (TPSA) is 99.1 Å². The smallest absolute Gasteiger partial charge is 0.416 e. The Bertz CT molecular complexity index is 1070. The largest absolute Gasteiger partial charge is 0.491 e. The molecular weight excluding hydrogens is 471 g/mol. The second kappa shape index (κ2) is 10.6. The SMILES string of the molecule is CC(C)(C)c1cn(C[C@@H]2CCCO2)/c(=N/C(=O)c2cc(C(F)(F)F)ccc2OC[C@H](N)CO)s1. The van der Waals surface area contributed by atoms with Crippen molar-refractivity contribution in [1.82, 2.24) is 4.57 Å². The van der Waals surface area contributed by atoms with Gasteiger partial charge in [-0.25, -0.2) is 0 Å². The number of aliphatic hydroxyl groups excluding tert-OH is 1. The number of rotatable bonds is 7. The van der Waals surface area contributed by atoms with E-state index in [9.17, 15) is 18.0 Å². The fourth-order valence-corrected chi connectivity index (χ4v) is 4.40. The van der Waals surface area contributed by atoms with Gasteiger partial charge < -0.3 is 24.9 Å². The summed E-state index contributed by atoms with van der Waals surface area (Å²) < 4.78 is 53.0. The first-order valence-electron chi connectivity index (χ1n) is 11.0. The third kappa shape index (κ3) is 6.68. The lowest BCUT2D eigenvalue weighted by Gasteiger charge is -2.15. The number of carbonyl (C=O) groups is 1. The van der Waals surface area contributed by atoms with Crippen LogP contribution in [0.5, 0.6) is 5.75 Å². The van der Waals surface area contributed by atoms with Crippen LogP contribution in [0.25, 0.3) is 0 Å². The van der Waals surface area contributed by atoms with E-state index in [0.29, 0.717) is 18.0 Å². The Morgan fingerprint density at radius 2 is 2.12 bits per heavy atom. The monoisotopic (exact) mass is 501 g/mol. The number of hydrogen-bond donors (Lipinski definition) is 2. The quantitative estimate of drug-likeness (QED) is 0.605. The summed E-state index contributed by atoms with van der Waals surface area (Å²) in [5.74, 6) is -0.939. The molecule has 11 heteroatoms. The molecule has 0 bridgehead atoms. The van der Waals surface area contributed by atoms with Gasteiger partial charge in [-0.05, 0) is 36.5 Å². The number of aliphatic hydroxyl groups is 1. The molecule has 0 spiro atoms. The lowest BCUT2D eigenvalue weighted by molar-refractivity contribution is -0.137. The van der Waals surface area contributed by atoms with Gasteiger partial charge in [-0.15, -0.1) is 11.3 Å². The highest BCUT2D eigenvalue weighted by Crippen LogP contribution is 2.33. The number of thiazole rings is 1. The molecule has 0 unspecified atom stereocenters. The zero-order chi connectivity index (χ0) is 25.1. The van der Waals surface area contributed by atoms with Crippen molar-refractivity contribution in [3.63, 3.8) is 0 Å². The molecule has 3 N–H and O–H groups in total. The molecule has 1 aromatic carbocycles. The molecule has 34 heavy (non-hydrogen) atoms. The summed E-state index contributed by atoms with van der Waals surface area (Å²) >= 11 is 1.31. The molecule has 7 nitrogen and oxygen atoms in total. The van der Waals surface area contributed by atoms with Crippen LogP contribution in [-0.4, -0.2) is 47.5 Å². The highest BCUT2D eigenvalue weighted by molar-refractivity contribution is 7.09. The van der Waals surface area contributed by atoms with E-state index in [-0.39, 0.29) is 36.0 Å². The first kappa shape index (κ1) is 26.4. The summed E-state index contributed by atoms with van der Waals surface area (Å²) in [6.45, 7) is 6.72. The van der Waals surface area contributed by atoms with Gasteiger partial charge in [0.25, 0.3) is 5.91 Å². The normalized spacial score (nSPS) is 18.4. The van der Waals surface area contributed by atoms with Crippen LogP contribution >= 0.6 is 11.3 Å². The van der Waals surface area contributed by atoms with Crippen molar-refractivity contribution in [1.29, 1.82) is 0 Å². The van der Waals surface area contributed by atoms with Crippen LogP contribution in [-0.2, 0) is 22.9 Å². The molecule has 2 aromatic rings. The number of ether oxygens (including phenoxy) is 2. The Balaban J connectivity index is 2.03. The number of halogens is 3. The number of nitrogens with zero attached hydrogens (tertiary/aromatic N) is 2. The molecule has 1 aliphatic rings. The second-order valence-electron chi connectivity index (χ2n) is 9.29. The van der Waals surface area contributed by atoms with E-state index in [2.05, 4.69) is 4.99 Å². The molecule has 1 aromatic heterocycles. The highest BCUT2D eigenvalue weighted by atomic mass is 32.1. The van der Waals surface area contributed by atoms with Crippen LogP contribution < -0.4 is 15.3 Å². The van der Waals surface area contributed by atoms with Gasteiger partial charge in [0.15, 0.2) is 4.80 Å². The molecule has 3 rings (SSSR count). The maximum atomic E-state index is 13.3. The summed E-state index contributed by atoms with van der Waals surface area (Å²) in [5, 5.41) is 9.10. The number of alkyl halides is 3. The Morgan fingerprint density at radius 1 is 1.38 bits per heavy atom. The van der Waals surface area contributed by atoms with Gasteiger partial charge in [0.2, 0.25) is 0 Å². The minimum absolute atomic E-state index is 0.0103. The van der Waals surface area contributed by atoms with Crippen molar-refractivity contribution in [3.05, 3.63) is 45.2 Å². The van der Waals surface area contributed by atoms with Crippen LogP contribution in [0.15, 0.2) is 29.4 Å². The first-order chi connectivity index (χ1) is 15.9. The van der Waals surface area contributed by atoms with Crippen molar-refractivity contribution < 1.29 is 32.5 Å². The van der Waals surface area contributed by atoms with Gasteiger partial charge in [-0.3, -0.25) is 4.79 Å². The molecule has 1 fully saturated rings. The minimum Gasteiger partial charge on any atom is -0.491 e. The summed E-state index contributed by atoms with van der Waals surface area (Å²) in [4.78, 5) is 18.7. The Kier molecular flexibility index (Phi) is 8.22. The standard InChI is InChI=1S/C23H30F3N3O4S/c1-22(2,3)19-11-29(10-16-5-4-8-32-16)21(34-19)28-20(31)17-9-14(23(24,25)26)6-7-18(17)33-13-15(27)12-30/h6-7,9,11,15-16,30H,4-5,8,10,12-13,27H2,1-3H3/b28-21-/t15-,16+/m1/s1. The molecule has 2 atom stereocenters. The average molecular weight is 502 g/mol. The molecule has 0 aliphatic carbocycles.